The maximum Gasteiger partial charge on any atom is 0.253 e. The number of nitrogen functional groups attached to an aromatic ring is 1. The molecule has 0 fully saturated rings. The van der Waals surface area contributed by atoms with Gasteiger partial charge >= 0.3 is 0 Å². The van der Waals surface area contributed by atoms with Crippen LogP contribution in [-0.4, -0.2) is 10.9 Å². The van der Waals surface area contributed by atoms with E-state index in [4.69, 9.17) is 17.3 Å². The molecule has 88 valence electrons. The number of nitrogens with zero attached hydrogens (tertiary/aromatic N) is 1. The van der Waals surface area contributed by atoms with Crippen LogP contribution in [0.3, 0.4) is 0 Å². The van der Waals surface area contributed by atoms with E-state index < -0.39 is 0 Å². The number of anilines is 1. The molecule has 0 atom stereocenters. The molecule has 0 aliphatic carbocycles. The average molecular weight is 268 g/mol. The van der Waals surface area contributed by atoms with Crippen molar-refractivity contribution in [3.8, 4) is 0 Å². The van der Waals surface area contributed by atoms with Gasteiger partial charge in [-0.2, -0.15) is 0 Å². The lowest BCUT2D eigenvalue weighted by atomic mass is 10.2. The van der Waals surface area contributed by atoms with Gasteiger partial charge in [-0.3, -0.25) is 4.79 Å². The molecule has 0 saturated carbocycles. The molecular weight excluding hydrogens is 258 g/mol. The van der Waals surface area contributed by atoms with Gasteiger partial charge in [-0.1, -0.05) is 11.6 Å². The van der Waals surface area contributed by atoms with Crippen LogP contribution in [0.15, 0.2) is 29.1 Å². The molecule has 0 radical (unpaired) electrons. The van der Waals surface area contributed by atoms with Crippen molar-refractivity contribution >= 4 is 34.5 Å². The fraction of sp³-hybridized carbons (Fsp3) is 0.0909. The normalized spacial score (nSPS) is 10.2. The summed E-state index contributed by atoms with van der Waals surface area (Å²) in [5, 5.41) is 4.97. The Hall–Kier alpha value is -1.59. The number of carbonyl (C=O) groups is 1. The fourth-order valence-corrected chi connectivity index (χ4v) is 2.14. The van der Waals surface area contributed by atoms with Crippen LogP contribution in [0.5, 0.6) is 0 Å². The number of aromatic nitrogens is 1. The van der Waals surface area contributed by atoms with E-state index >= 15 is 0 Å². The van der Waals surface area contributed by atoms with Gasteiger partial charge in [0.15, 0.2) is 0 Å². The van der Waals surface area contributed by atoms with Crippen LogP contribution in [-0.2, 0) is 6.54 Å². The summed E-state index contributed by atoms with van der Waals surface area (Å²) in [5.41, 5.74) is 9.05. The summed E-state index contributed by atoms with van der Waals surface area (Å²) in [6.45, 7) is 0.392. The first kappa shape index (κ1) is 11.9. The van der Waals surface area contributed by atoms with Crippen LogP contribution in [0.25, 0.3) is 0 Å². The zero-order valence-corrected chi connectivity index (χ0v) is 10.4. The molecule has 1 heterocycles. The molecule has 1 aromatic heterocycles. The molecule has 6 heteroatoms. The van der Waals surface area contributed by atoms with Crippen molar-refractivity contribution in [3.63, 3.8) is 0 Å². The van der Waals surface area contributed by atoms with Gasteiger partial charge in [0.25, 0.3) is 5.91 Å². The maximum atomic E-state index is 11.8. The van der Waals surface area contributed by atoms with Gasteiger partial charge in [-0.25, -0.2) is 4.98 Å². The monoisotopic (exact) mass is 267 g/mol. The highest BCUT2D eigenvalue weighted by atomic mass is 35.5. The van der Waals surface area contributed by atoms with Crippen LogP contribution in [0.1, 0.15) is 16.1 Å². The van der Waals surface area contributed by atoms with Crippen molar-refractivity contribution in [1.82, 2.24) is 10.3 Å². The summed E-state index contributed by atoms with van der Waals surface area (Å²) in [6.07, 6.45) is 0. The second-order valence-electron chi connectivity index (χ2n) is 3.40. The molecule has 0 spiro atoms. The molecule has 4 nitrogen and oxygen atoms in total. The van der Waals surface area contributed by atoms with Crippen molar-refractivity contribution in [2.75, 3.05) is 5.73 Å². The third-order valence-corrected chi connectivity index (χ3v) is 3.10. The van der Waals surface area contributed by atoms with Crippen molar-refractivity contribution in [2.24, 2.45) is 0 Å². The second-order valence-corrected chi connectivity index (χ2v) is 4.53. The topological polar surface area (TPSA) is 68.0 Å². The summed E-state index contributed by atoms with van der Waals surface area (Å²) in [4.78, 5) is 15.9. The fourth-order valence-electron chi connectivity index (χ4n) is 1.31. The van der Waals surface area contributed by atoms with E-state index in [1.807, 2.05) is 5.38 Å². The van der Waals surface area contributed by atoms with Gasteiger partial charge in [0, 0.05) is 11.1 Å². The zero-order valence-electron chi connectivity index (χ0n) is 8.81. The van der Waals surface area contributed by atoms with Crippen LogP contribution in [0.4, 0.5) is 5.69 Å². The Labute approximate surface area is 107 Å². The molecule has 3 N–H and O–H groups in total. The van der Waals surface area contributed by atoms with Crippen LogP contribution in [0.2, 0.25) is 5.02 Å². The molecular formula is C11H10ClN3OS. The molecule has 2 rings (SSSR count). The number of nitrogens with two attached hydrogens (primary N) is 1. The van der Waals surface area contributed by atoms with Gasteiger partial charge in [0.1, 0.15) is 0 Å². The minimum Gasteiger partial charge on any atom is -0.399 e. The van der Waals surface area contributed by atoms with E-state index in [1.54, 1.807) is 23.7 Å². The number of nitrogens with one attached hydrogen (secondary N) is 1. The minimum atomic E-state index is -0.233. The van der Waals surface area contributed by atoms with Crippen molar-refractivity contribution in [2.45, 2.75) is 6.54 Å². The Morgan fingerprint density at radius 2 is 2.35 bits per heavy atom. The molecule has 0 aliphatic heterocycles. The predicted molar refractivity (Wildman–Crippen MR) is 69.1 cm³/mol. The Balaban J connectivity index is 2.04. The Bertz CT molecular complexity index is 528. The molecule has 1 amide bonds. The van der Waals surface area contributed by atoms with E-state index in [0.29, 0.717) is 22.8 Å². The first-order valence-corrected chi connectivity index (χ1v) is 6.19. The summed E-state index contributed by atoms with van der Waals surface area (Å²) >= 11 is 7.42. The third-order valence-electron chi connectivity index (χ3n) is 2.15. The van der Waals surface area contributed by atoms with Crippen molar-refractivity contribution in [3.05, 3.63) is 45.4 Å². The Kier molecular flexibility index (Phi) is 3.61. The summed E-state index contributed by atoms with van der Waals surface area (Å²) in [6, 6.07) is 4.80. The zero-order chi connectivity index (χ0) is 12.3. The lowest BCUT2D eigenvalue weighted by molar-refractivity contribution is 0.0950. The van der Waals surface area contributed by atoms with E-state index in [2.05, 4.69) is 10.3 Å². The number of benzene rings is 1. The van der Waals surface area contributed by atoms with Gasteiger partial charge in [-0.05, 0) is 18.2 Å². The maximum absolute atomic E-state index is 11.8. The third kappa shape index (κ3) is 2.95. The highest BCUT2D eigenvalue weighted by Crippen LogP contribution is 2.19. The largest absolute Gasteiger partial charge is 0.399 e. The molecule has 0 unspecified atom stereocenters. The average Bonchev–Trinajstić information content (AvgIpc) is 2.78. The Morgan fingerprint density at radius 1 is 1.53 bits per heavy atom. The quantitative estimate of drug-likeness (QED) is 0.839. The number of hydrogen-bond donors (Lipinski definition) is 2. The summed E-state index contributed by atoms with van der Waals surface area (Å²) in [7, 11) is 0. The van der Waals surface area contributed by atoms with Crippen molar-refractivity contribution < 1.29 is 4.79 Å². The molecule has 0 saturated heterocycles. The highest BCUT2D eigenvalue weighted by Gasteiger charge is 2.10. The Morgan fingerprint density at radius 3 is 3.00 bits per heavy atom. The number of rotatable bonds is 3. The lowest BCUT2D eigenvalue weighted by Gasteiger charge is -2.05. The second kappa shape index (κ2) is 5.16. The lowest BCUT2D eigenvalue weighted by Crippen LogP contribution is -2.23. The molecule has 17 heavy (non-hydrogen) atoms. The highest BCUT2D eigenvalue weighted by molar-refractivity contribution is 7.07. The van der Waals surface area contributed by atoms with Crippen LogP contribution < -0.4 is 11.1 Å². The van der Waals surface area contributed by atoms with E-state index in [0.717, 1.165) is 5.69 Å². The van der Waals surface area contributed by atoms with Crippen LogP contribution >= 0.6 is 22.9 Å². The number of halogens is 1. The number of carbonyl (C=O) groups excluding carboxylic acids is 1. The first-order valence-electron chi connectivity index (χ1n) is 4.87. The van der Waals surface area contributed by atoms with E-state index in [1.165, 1.54) is 11.3 Å². The van der Waals surface area contributed by atoms with Gasteiger partial charge in [0.2, 0.25) is 0 Å². The summed E-state index contributed by atoms with van der Waals surface area (Å²) in [5.74, 6) is -0.233. The minimum absolute atomic E-state index is 0.233. The number of thiazole rings is 1. The van der Waals surface area contributed by atoms with Gasteiger partial charge in [-0.15, -0.1) is 11.3 Å². The van der Waals surface area contributed by atoms with E-state index in [9.17, 15) is 4.79 Å². The smallest absolute Gasteiger partial charge is 0.253 e. The van der Waals surface area contributed by atoms with Crippen molar-refractivity contribution in [1.29, 1.82) is 0 Å². The molecule has 2 aromatic rings. The van der Waals surface area contributed by atoms with Crippen LogP contribution in [0, 0.1) is 0 Å². The summed E-state index contributed by atoms with van der Waals surface area (Å²) < 4.78 is 0. The predicted octanol–water partition coefficient (Wildman–Crippen LogP) is 2.31. The SMILES string of the molecule is Nc1ccc(C(=O)NCc2cscn2)c(Cl)c1. The molecule has 0 bridgehead atoms. The number of amides is 1. The molecule has 0 aliphatic rings. The van der Waals surface area contributed by atoms with E-state index in [-0.39, 0.29) is 5.91 Å². The standard InChI is InChI=1S/C11H10ClN3OS/c12-10-3-7(13)1-2-9(10)11(16)14-4-8-5-17-6-15-8/h1-3,5-6H,4,13H2,(H,14,16). The van der Waals surface area contributed by atoms with Gasteiger partial charge < -0.3 is 11.1 Å². The number of hydrogen-bond acceptors (Lipinski definition) is 4. The first-order chi connectivity index (χ1) is 8.16. The molecule has 1 aromatic carbocycles. The van der Waals surface area contributed by atoms with Gasteiger partial charge in [0.05, 0.1) is 28.3 Å².